The van der Waals surface area contributed by atoms with Crippen LogP contribution >= 0.6 is 22.9 Å². The van der Waals surface area contributed by atoms with Gasteiger partial charge < -0.3 is 5.32 Å². The number of pyridine rings is 1. The minimum Gasteiger partial charge on any atom is -0.313 e. The van der Waals surface area contributed by atoms with Crippen molar-refractivity contribution in [1.29, 1.82) is 0 Å². The van der Waals surface area contributed by atoms with Gasteiger partial charge in [-0.3, -0.25) is 4.98 Å². The Hall–Kier alpha value is -0.900. The van der Waals surface area contributed by atoms with E-state index < -0.39 is 0 Å². The van der Waals surface area contributed by atoms with Gasteiger partial charge in [-0.05, 0) is 36.0 Å². The number of thiophene rings is 1. The first kappa shape index (κ1) is 12.6. The quantitative estimate of drug-likeness (QED) is 0.829. The molecular formula is C13H15ClN2S. The lowest BCUT2D eigenvalue weighted by Crippen LogP contribution is -2.13. The van der Waals surface area contributed by atoms with E-state index in [-0.39, 0.29) is 0 Å². The molecule has 2 nitrogen and oxygen atoms in total. The van der Waals surface area contributed by atoms with Crippen LogP contribution in [-0.4, -0.2) is 11.5 Å². The Morgan fingerprint density at radius 3 is 3.00 bits per heavy atom. The molecule has 4 heteroatoms. The molecule has 2 aromatic heterocycles. The summed E-state index contributed by atoms with van der Waals surface area (Å²) in [6.07, 6.45) is 4.90. The topological polar surface area (TPSA) is 24.9 Å². The lowest BCUT2D eigenvalue weighted by Gasteiger charge is -2.05. The third kappa shape index (κ3) is 3.28. The highest BCUT2D eigenvalue weighted by molar-refractivity contribution is 7.14. The molecule has 1 N–H and O–H groups in total. The predicted molar refractivity (Wildman–Crippen MR) is 74.6 cm³/mol. The second-order valence-electron chi connectivity index (χ2n) is 3.86. The Kier molecular flexibility index (Phi) is 4.54. The minimum atomic E-state index is 0.801. The first-order valence-corrected chi connectivity index (χ1v) is 6.95. The lowest BCUT2D eigenvalue weighted by molar-refractivity contribution is 0.674. The maximum absolute atomic E-state index is 6.12. The average Bonchev–Trinajstić information content (AvgIpc) is 2.76. The van der Waals surface area contributed by atoms with Crippen molar-refractivity contribution in [1.82, 2.24) is 10.3 Å². The molecule has 0 aliphatic carbocycles. The van der Waals surface area contributed by atoms with Crippen molar-refractivity contribution in [2.45, 2.75) is 19.9 Å². The van der Waals surface area contributed by atoms with Crippen LogP contribution in [0.2, 0.25) is 5.02 Å². The summed E-state index contributed by atoms with van der Waals surface area (Å²) in [7, 11) is 0. The zero-order valence-electron chi connectivity index (χ0n) is 9.74. The van der Waals surface area contributed by atoms with Gasteiger partial charge in [0.1, 0.15) is 0 Å². The highest BCUT2D eigenvalue weighted by Gasteiger charge is 2.05. The molecule has 0 bridgehead atoms. The van der Waals surface area contributed by atoms with Gasteiger partial charge in [0.15, 0.2) is 0 Å². The van der Waals surface area contributed by atoms with Crippen molar-refractivity contribution in [3.63, 3.8) is 0 Å². The summed E-state index contributed by atoms with van der Waals surface area (Å²) >= 11 is 7.77. The van der Waals surface area contributed by atoms with Crippen molar-refractivity contribution in [3.05, 3.63) is 40.5 Å². The van der Waals surface area contributed by atoms with E-state index in [1.165, 1.54) is 5.56 Å². The minimum absolute atomic E-state index is 0.801. The fraction of sp³-hybridized carbons (Fsp3) is 0.308. The van der Waals surface area contributed by atoms with E-state index in [4.69, 9.17) is 11.6 Å². The van der Waals surface area contributed by atoms with Gasteiger partial charge in [0.2, 0.25) is 0 Å². The second-order valence-corrected chi connectivity index (χ2v) is 5.18. The molecule has 17 heavy (non-hydrogen) atoms. The third-order valence-corrected chi connectivity index (χ3v) is 3.82. The first-order chi connectivity index (χ1) is 8.31. The summed E-state index contributed by atoms with van der Waals surface area (Å²) in [4.78, 5) is 5.36. The van der Waals surface area contributed by atoms with E-state index in [1.54, 1.807) is 11.3 Å². The monoisotopic (exact) mass is 266 g/mol. The van der Waals surface area contributed by atoms with E-state index >= 15 is 0 Å². The Morgan fingerprint density at radius 2 is 2.29 bits per heavy atom. The van der Waals surface area contributed by atoms with Gasteiger partial charge in [-0.1, -0.05) is 18.5 Å². The molecule has 0 spiro atoms. The zero-order chi connectivity index (χ0) is 12.1. The number of rotatable bonds is 5. The number of nitrogens with one attached hydrogen (secondary N) is 1. The number of aromatic nitrogens is 1. The molecule has 0 saturated carbocycles. The molecule has 90 valence electrons. The van der Waals surface area contributed by atoms with Gasteiger partial charge in [-0.25, -0.2) is 0 Å². The Morgan fingerprint density at radius 1 is 1.41 bits per heavy atom. The van der Waals surface area contributed by atoms with Crippen LogP contribution in [0.1, 0.15) is 18.9 Å². The van der Waals surface area contributed by atoms with Crippen molar-refractivity contribution in [3.8, 4) is 10.4 Å². The van der Waals surface area contributed by atoms with E-state index in [0.29, 0.717) is 0 Å². The lowest BCUT2D eigenvalue weighted by atomic mass is 10.2. The van der Waals surface area contributed by atoms with Gasteiger partial charge >= 0.3 is 0 Å². The predicted octanol–water partition coefficient (Wildman–Crippen LogP) is 3.96. The summed E-state index contributed by atoms with van der Waals surface area (Å²) in [5.41, 5.74) is 2.29. The molecule has 0 aliphatic rings. The number of nitrogens with zero attached hydrogens (tertiary/aromatic N) is 1. The van der Waals surface area contributed by atoms with Crippen LogP contribution in [0.25, 0.3) is 10.4 Å². The van der Waals surface area contributed by atoms with Crippen molar-refractivity contribution >= 4 is 22.9 Å². The molecule has 0 aliphatic heterocycles. The summed E-state index contributed by atoms with van der Waals surface area (Å²) in [6.45, 7) is 4.05. The van der Waals surface area contributed by atoms with E-state index in [9.17, 15) is 0 Å². The molecule has 2 heterocycles. The standard InChI is InChI=1S/C13H15ClN2S/c1-2-4-15-7-10-6-11(9-16-8-10)13-12(14)3-5-17-13/h3,5-6,8-9,15H,2,4,7H2,1H3. The smallest absolute Gasteiger partial charge is 0.0592 e. The molecule has 2 rings (SSSR count). The van der Waals surface area contributed by atoms with Crippen LogP contribution in [0.5, 0.6) is 0 Å². The van der Waals surface area contributed by atoms with Gasteiger partial charge in [-0.2, -0.15) is 0 Å². The molecule has 0 saturated heterocycles. The van der Waals surface area contributed by atoms with E-state index in [1.807, 2.05) is 23.8 Å². The first-order valence-electron chi connectivity index (χ1n) is 5.69. The number of halogens is 1. The molecule has 0 aromatic carbocycles. The summed E-state index contributed by atoms with van der Waals surface area (Å²) < 4.78 is 0. The molecular weight excluding hydrogens is 252 g/mol. The largest absolute Gasteiger partial charge is 0.313 e. The van der Waals surface area contributed by atoms with Crippen LogP contribution in [0.3, 0.4) is 0 Å². The van der Waals surface area contributed by atoms with Crippen molar-refractivity contribution < 1.29 is 0 Å². The summed E-state index contributed by atoms with van der Waals surface area (Å²) in [5, 5.41) is 6.17. The zero-order valence-corrected chi connectivity index (χ0v) is 11.3. The maximum Gasteiger partial charge on any atom is 0.0592 e. The van der Waals surface area contributed by atoms with E-state index in [0.717, 1.165) is 35.0 Å². The molecule has 0 fully saturated rings. The van der Waals surface area contributed by atoms with E-state index in [2.05, 4.69) is 23.3 Å². The molecule has 0 amide bonds. The molecule has 0 unspecified atom stereocenters. The SMILES string of the molecule is CCCNCc1cncc(-c2sccc2Cl)c1. The number of hydrogen-bond donors (Lipinski definition) is 1. The second kappa shape index (κ2) is 6.15. The Bertz CT molecular complexity index is 482. The Balaban J connectivity index is 2.14. The fourth-order valence-electron chi connectivity index (χ4n) is 1.62. The summed E-state index contributed by atoms with van der Waals surface area (Å²) in [5.74, 6) is 0. The van der Waals surface area contributed by atoms with Crippen LogP contribution in [0.4, 0.5) is 0 Å². The van der Waals surface area contributed by atoms with Gasteiger partial charge in [-0.15, -0.1) is 11.3 Å². The highest BCUT2D eigenvalue weighted by atomic mass is 35.5. The normalized spacial score (nSPS) is 10.7. The highest BCUT2D eigenvalue weighted by Crippen LogP contribution is 2.32. The van der Waals surface area contributed by atoms with Crippen molar-refractivity contribution in [2.24, 2.45) is 0 Å². The van der Waals surface area contributed by atoms with Crippen LogP contribution in [0, 0.1) is 0 Å². The maximum atomic E-state index is 6.12. The third-order valence-electron chi connectivity index (χ3n) is 2.43. The van der Waals surface area contributed by atoms with Gasteiger partial charge in [0, 0.05) is 24.5 Å². The fourth-order valence-corrected chi connectivity index (χ4v) is 2.77. The van der Waals surface area contributed by atoms with Crippen LogP contribution in [0.15, 0.2) is 29.9 Å². The molecule has 2 aromatic rings. The molecule has 0 radical (unpaired) electrons. The number of hydrogen-bond acceptors (Lipinski definition) is 3. The van der Waals surface area contributed by atoms with Crippen LogP contribution < -0.4 is 5.32 Å². The Labute approximate surface area is 111 Å². The van der Waals surface area contributed by atoms with Crippen molar-refractivity contribution in [2.75, 3.05) is 6.54 Å². The summed E-state index contributed by atoms with van der Waals surface area (Å²) in [6, 6.07) is 4.07. The van der Waals surface area contributed by atoms with Gasteiger partial charge in [0.25, 0.3) is 0 Å². The molecule has 0 atom stereocenters. The van der Waals surface area contributed by atoms with Gasteiger partial charge in [0.05, 0.1) is 9.90 Å². The average molecular weight is 267 g/mol. The van der Waals surface area contributed by atoms with Crippen LogP contribution in [-0.2, 0) is 6.54 Å².